The van der Waals surface area contributed by atoms with Crippen LogP contribution in [0.2, 0.25) is 0 Å². The average Bonchev–Trinajstić information content (AvgIpc) is 3.54. The van der Waals surface area contributed by atoms with Gasteiger partial charge in [0, 0.05) is 48.3 Å². The van der Waals surface area contributed by atoms with Crippen LogP contribution < -0.4 is 26.6 Å². The fourth-order valence-electron chi connectivity index (χ4n) is 6.96. The highest BCUT2D eigenvalue weighted by atomic mass is 35.5. The van der Waals surface area contributed by atoms with Crippen molar-refractivity contribution in [3.8, 4) is 0 Å². The van der Waals surface area contributed by atoms with E-state index in [1.807, 2.05) is 24.4 Å². The minimum absolute atomic E-state index is 0.0436. The Labute approximate surface area is 352 Å². The number of aliphatic hydroxyl groups excluding tert-OH is 1. The van der Waals surface area contributed by atoms with Gasteiger partial charge in [-0.25, -0.2) is 9.97 Å². The van der Waals surface area contributed by atoms with Crippen molar-refractivity contribution in [3.63, 3.8) is 0 Å². The van der Waals surface area contributed by atoms with Crippen LogP contribution in [-0.4, -0.2) is 139 Å². The third-order valence-electron chi connectivity index (χ3n) is 10.5. The van der Waals surface area contributed by atoms with Gasteiger partial charge in [0.2, 0.25) is 17.7 Å². The first-order chi connectivity index (χ1) is 28.5. The summed E-state index contributed by atoms with van der Waals surface area (Å²) in [6.07, 6.45) is 10.9. The molecule has 0 bridgehead atoms. The topological polar surface area (TPSA) is 220 Å². The number of amides is 4. The average molecular weight is 857 g/mol. The lowest BCUT2D eigenvalue weighted by molar-refractivity contribution is -0.137. The van der Waals surface area contributed by atoms with Crippen molar-refractivity contribution in [1.29, 1.82) is 0 Å². The predicted molar refractivity (Wildman–Crippen MR) is 221 cm³/mol. The van der Waals surface area contributed by atoms with Crippen LogP contribution in [-0.2, 0) is 39.9 Å². The maximum absolute atomic E-state index is 13.0. The van der Waals surface area contributed by atoms with Gasteiger partial charge < -0.3 is 50.2 Å². The lowest BCUT2D eigenvalue weighted by Gasteiger charge is -2.39. The van der Waals surface area contributed by atoms with E-state index in [4.69, 9.17) is 36.3 Å². The number of aliphatic hydroxyl groups is 1. The van der Waals surface area contributed by atoms with Crippen molar-refractivity contribution in [2.45, 2.75) is 67.1 Å². The molecule has 1 aromatic heterocycles. The molecule has 2 saturated heterocycles. The summed E-state index contributed by atoms with van der Waals surface area (Å²) in [5, 5.41) is 18.8. The number of halogens is 1. The second-order valence-electron chi connectivity index (χ2n) is 15.1. The number of thioether (sulfide) groups is 1. The summed E-state index contributed by atoms with van der Waals surface area (Å²) >= 11 is 8.21. The minimum Gasteiger partial charge on any atom is -0.377 e. The van der Waals surface area contributed by atoms with Gasteiger partial charge in [0.15, 0.2) is 0 Å². The van der Waals surface area contributed by atoms with Crippen LogP contribution in [0.25, 0.3) is 0 Å². The Balaban J connectivity index is 0.755. The van der Waals surface area contributed by atoms with E-state index in [2.05, 4.69) is 37.7 Å². The number of piperidine rings is 2. The maximum Gasteiger partial charge on any atom is 0.255 e. The van der Waals surface area contributed by atoms with Crippen LogP contribution in [0.3, 0.4) is 0 Å². The molecule has 2 fully saturated rings. The Bertz CT molecular complexity index is 1850. The fourth-order valence-corrected chi connectivity index (χ4v) is 8.21. The van der Waals surface area contributed by atoms with Crippen molar-refractivity contribution >= 4 is 58.5 Å². The number of imide groups is 1. The van der Waals surface area contributed by atoms with E-state index < -0.39 is 24.1 Å². The molecule has 4 atom stereocenters. The number of rotatable bonds is 21. The SMILES string of the molecule is CC1(CN)CCN(c2cnc(SC3C=CC(NC(O)COCCOCCOCCOCC(=O)Nc4ccc5c(c4)C(=O)N(C4CCC(=O)NC4=O)C5)=CC3Cl)cn2)CC1. The predicted octanol–water partition coefficient (Wildman–Crippen LogP) is 1.94. The van der Waals surface area contributed by atoms with E-state index >= 15 is 0 Å². The monoisotopic (exact) mass is 856 g/mol. The van der Waals surface area contributed by atoms with Crippen LogP contribution in [0.5, 0.6) is 0 Å². The zero-order valence-electron chi connectivity index (χ0n) is 33.1. The first kappa shape index (κ1) is 44.4. The summed E-state index contributed by atoms with van der Waals surface area (Å²) in [7, 11) is 0. The van der Waals surface area contributed by atoms with E-state index in [-0.39, 0.29) is 80.3 Å². The van der Waals surface area contributed by atoms with Crippen molar-refractivity contribution < 1.29 is 43.2 Å². The van der Waals surface area contributed by atoms with E-state index in [0.29, 0.717) is 43.3 Å². The second kappa shape index (κ2) is 21.4. The van der Waals surface area contributed by atoms with Crippen LogP contribution in [0.1, 0.15) is 48.5 Å². The highest BCUT2D eigenvalue weighted by Crippen LogP contribution is 2.34. The lowest BCUT2D eigenvalue weighted by Crippen LogP contribution is -2.52. The van der Waals surface area contributed by atoms with Gasteiger partial charge in [-0.2, -0.15) is 0 Å². The van der Waals surface area contributed by atoms with Crippen LogP contribution in [0.15, 0.2) is 59.5 Å². The first-order valence-electron chi connectivity index (χ1n) is 19.8. The van der Waals surface area contributed by atoms with Crippen molar-refractivity contribution in [3.05, 3.63) is 65.6 Å². The first-order valence-corrected chi connectivity index (χ1v) is 21.1. The Kier molecular flexibility index (Phi) is 16.1. The van der Waals surface area contributed by atoms with Gasteiger partial charge in [-0.15, -0.1) is 11.6 Å². The van der Waals surface area contributed by atoms with Gasteiger partial charge in [0.1, 0.15) is 29.7 Å². The summed E-state index contributed by atoms with van der Waals surface area (Å²) in [4.78, 5) is 62.1. The highest BCUT2D eigenvalue weighted by molar-refractivity contribution is 8.00. The standard InChI is InChI=1S/C40H53ClN8O9S/c1-40(25-42)8-10-48(11-9-40)33-20-44-37(21-43-33)59-32-6-4-28(19-30(32)41)46-36(52)24-58-17-15-56-13-12-55-14-16-57-23-35(51)45-27-3-2-26-22-49(39(54)29(26)18-27)31-5-7-34(50)47-38(31)53/h2-4,6,18-21,30-32,36,46,52H,5,7-17,22-25,42H2,1H3,(H,45,51)(H,47,50,53). The number of hydrogen-bond acceptors (Lipinski definition) is 15. The number of carbonyl (C=O) groups is 4. The van der Waals surface area contributed by atoms with Crippen molar-refractivity contribution in [1.82, 2.24) is 25.5 Å². The molecule has 6 N–H and O–H groups in total. The number of nitrogens with two attached hydrogens (primary N) is 1. The molecule has 4 amide bonds. The molecule has 1 aliphatic carbocycles. The summed E-state index contributed by atoms with van der Waals surface area (Å²) in [5.41, 5.74) is 8.43. The molecular weight excluding hydrogens is 804 g/mol. The molecule has 0 spiro atoms. The molecule has 3 aliphatic heterocycles. The number of carbonyl (C=O) groups excluding carboxylic acids is 4. The number of anilines is 2. The molecule has 0 saturated carbocycles. The van der Waals surface area contributed by atoms with Crippen LogP contribution in [0.4, 0.5) is 11.5 Å². The van der Waals surface area contributed by atoms with Gasteiger partial charge in [0.25, 0.3) is 5.91 Å². The second-order valence-corrected chi connectivity index (χ2v) is 16.8. The third-order valence-corrected chi connectivity index (χ3v) is 12.3. The molecule has 1 aromatic carbocycles. The number of aromatic nitrogens is 2. The third kappa shape index (κ3) is 12.7. The van der Waals surface area contributed by atoms with Gasteiger partial charge >= 0.3 is 0 Å². The van der Waals surface area contributed by atoms with E-state index in [9.17, 15) is 24.3 Å². The van der Waals surface area contributed by atoms with Gasteiger partial charge in [-0.3, -0.25) is 24.5 Å². The number of nitrogens with one attached hydrogen (secondary N) is 3. The van der Waals surface area contributed by atoms with Crippen molar-refractivity contribution in [2.24, 2.45) is 11.1 Å². The number of alkyl halides is 1. The van der Waals surface area contributed by atoms with Gasteiger partial charge in [-0.05, 0) is 61.1 Å². The van der Waals surface area contributed by atoms with E-state index in [1.165, 1.54) is 16.7 Å². The largest absolute Gasteiger partial charge is 0.377 e. The lowest BCUT2D eigenvalue weighted by atomic mass is 9.80. The zero-order chi connectivity index (χ0) is 41.8. The van der Waals surface area contributed by atoms with Crippen molar-refractivity contribution in [2.75, 3.05) is 82.7 Å². The molecule has 0 radical (unpaired) electrons. The van der Waals surface area contributed by atoms with Gasteiger partial charge in [0.05, 0.1) is 64.0 Å². The number of hydrogen-bond donors (Lipinski definition) is 5. The van der Waals surface area contributed by atoms with Crippen LogP contribution in [0, 0.1) is 5.41 Å². The Morgan fingerprint density at radius 2 is 1.80 bits per heavy atom. The van der Waals surface area contributed by atoms with E-state index in [0.717, 1.165) is 42.3 Å². The molecule has 17 nitrogen and oxygen atoms in total. The summed E-state index contributed by atoms with van der Waals surface area (Å²) in [5.74, 6) is -0.652. The summed E-state index contributed by atoms with van der Waals surface area (Å²) in [6, 6.07) is 4.31. The van der Waals surface area contributed by atoms with Gasteiger partial charge in [-0.1, -0.05) is 30.8 Å². The number of allylic oxidation sites excluding steroid dienone is 2. The number of fused-ring (bicyclic) bond motifs is 1. The number of ether oxygens (including phenoxy) is 4. The molecule has 4 heterocycles. The Hall–Kier alpha value is -4.14. The minimum atomic E-state index is -0.935. The fraction of sp³-hybridized carbons (Fsp3) is 0.550. The molecule has 59 heavy (non-hydrogen) atoms. The summed E-state index contributed by atoms with van der Waals surface area (Å²) in [6.45, 7) is 6.60. The number of benzene rings is 1. The molecule has 4 unspecified atom stereocenters. The molecule has 6 rings (SSSR count). The molecule has 19 heteroatoms. The Morgan fingerprint density at radius 3 is 2.47 bits per heavy atom. The maximum atomic E-state index is 13.0. The Morgan fingerprint density at radius 1 is 1.07 bits per heavy atom. The van der Waals surface area contributed by atoms with Crippen LogP contribution >= 0.6 is 23.4 Å². The molecule has 320 valence electrons. The number of nitrogens with zero attached hydrogens (tertiary/aromatic N) is 4. The van der Waals surface area contributed by atoms with E-state index in [1.54, 1.807) is 24.4 Å². The quantitative estimate of drug-likeness (QED) is 0.0525. The molecule has 2 aromatic rings. The summed E-state index contributed by atoms with van der Waals surface area (Å²) < 4.78 is 21.9. The molecular formula is C40H53ClN8O9S. The molecule has 4 aliphatic rings. The smallest absolute Gasteiger partial charge is 0.255 e. The highest BCUT2D eigenvalue weighted by Gasteiger charge is 2.39. The zero-order valence-corrected chi connectivity index (χ0v) is 34.7. The normalized spacial score (nSPS) is 21.9.